The molecule has 2 rings (SSSR count). The maximum absolute atomic E-state index is 12.0. The Morgan fingerprint density at radius 1 is 1.10 bits per heavy atom. The van der Waals surface area contributed by atoms with Crippen molar-refractivity contribution in [2.45, 2.75) is 10.6 Å². The van der Waals surface area contributed by atoms with Gasteiger partial charge in [-0.3, -0.25) is 9.00 Å². The highest BCUT2D eigenvalue weighted by atomic mass is 32.2. The van der Waals surface area contributed by atoms with Gasteiger partial charge in [0.25, 0.3) is 0 Å². The zero-order valence-electron chi connectivity index (χ0n) is 11.7. The fraction of sp³-hybridized carbons (Fsp3) is 0.188. The standard InChI is InChI=1S/C16H17NO2S2/c1-20-15-9-5-4-8-14(15)13-7-3-2-6-12(13)10-21(19)11-16(17)18/h2-9H,10-11H2,1H3,(H2,17,18)/t21-/m1/s1. The summed E-state index contributed by atoms with van der Waals surface area (Å²) < 4.78 is 12.0. The number of rotatable bonds is 6. The van der Waals surface area contributed by atoms with Gasteiger partial charge in [0.2, 0.25) is 5.91 Å². The van der Waals surface area contributed by atoms with E-state index in [1.807, 2.05) is 42.7 Å². The van der Waals surface area contributed by atoms with E-state index in [2.05, 4.69) is 12.1 Å². The Morgan fingerprint density at radius 2 is 1.71 bits per heavy atom. The average molecular weight is 319 g/mol. The molecule has 1 amide bonds. The fourth-order valence-electron chi connectivity index (χ4n) is 2.16. The number of benzene rings is 2. The number of nitrogens with two attached hydrogens (primary N) is 1. The molecule has 21 heavy (non-hydrogen) atoms. The van der Waals surface area contributed by atoms with Gasteiger partial charge in [0.05, 0.1) is 0 Å². The van der Waals surface area contributed by atoms with Crippen LogP contribution in [0.15, 0.2) is 53.4 Å². The molecule has 2 N–H and O–H groups in total. The number of carbonyl (C=O) groups is 1. The second kappa shape index (κ2) is 7.43. The third kappa shape index (κ3) is 4.19. The van der Waals surface area contributed by atoms with Crippen LogP contribution in [0.1, 0.15) is 5.56 Å². The maximum Gasteiger partial charge on any atom is 0.230 e. The van der Waals surface area contributed by atoms with Crippen molar-refractivity contribution in [1.29, 1.82) is 0 Å². The van der Waals surface area contributed by atoms with Crippen molar-refractivity contribution < 1.29 is 9.00 Å². The van der Waals surface area contributed by atoms with Crippen molar-refractivity contribution >= 4 is 28.5 Å². The summed E-state index contributed by atoms with van der Waals surface area (Å²) in [5, 5.41) is 0. The molecule has 0 aliphatic rings. The molecule has 3 nitrogen and oxygen atoms in total. The van der Waals surface area contributed by atoms with Crippen LogP contribution in [-0.2, 0) is 21.3 Å². The Morgan fingerprint density at radius 3 is 2.38 bits per heavy atom. The second-order valence-electron chi connectivity index (χ2n) is 4.55. The fourth-order valence-corrected chi connectivity index (χ4v) is 3.79. The van der Waals surface area contributed by atoms with Gasteiger partial charge in [-0.15, -0.1) is 11.8 Å². The van der Waals surface area contributed by atoms with Gasteiger partial charge in [-0.25, -0.2) is 0 Å². The van der Waals surface area contributed by atoms with Crippen LogP contribution >= 0.6 is 11.8 Å². The number of primary amides is 1. The van der Waals surface area contributed by atoms with E-state index < -0.39 is 16.7 Å². The monoisotopic (exact) mass is 319 g/mol. The van der Waals surface area contributed by atoms with E-state index in [4.69, 9.17) is 5.73 Å². The molecule has 0 saturated heterocycles. The number of amides is 1. The molecule has 5 heteroatoms. The molecule has 2 aromatic carbocycles. The van der Waals surface area contributed by atoms with E-state index in [0.29, 0.717) is 5.75 Å². The topological polar surface area (TPSA) is 60.2 Å². The molecule has 0 heterocycles. The van der Waals surface area contributed by atoms with E-state index >= 15 is 0 Å². The van der Waals surface area contributed by atoms with E-state index in [1.165, 1.54) is 4.90 Å². The summed E-state index contributed by atoms with van der Waals surface area (Å²) in [7, 11) is -1.28. The van der Waals surface area contributed by atoms with E-state index in [-0.39, 0.29) is 5.75 Å². The first-order valence-electron chi connectivity index (χ1n) is 6.46. The molecule has 0 saturated carbocycles. The van der Waals surface area contributed by atoms with Crippen LogP contribution in [0.3, 0.4) is 0 Å². The lowest BCUT2D eigenvalue weighted by Gasteiger charge is -2.12. The van der Waals surface area contributed by atoms with Crippen LogP contribution in [0.25, 0.3) is 11.1 Å². The lowest BCUT2D eigenvalue weighted by molar-refractivity contribution is -0.115. The number of hydrogen-bond donors (Lipinski definition) is 1. The van der Waals surface area contributed by atoms with Gasteiger partial charge < -0.3 is 5.73 Å². The molecule has 0 aliphatic carbocycles. The zero-order valence-corrected chi connectivity index (χ0v) is 13.4. The molecule has 0 bridgehead atoms. The predicted molar refractivity (Wildman–Crippen MR) is 89.6 cm³/mol. The van der Waals surface area contributed by atoms with Crippen molar-refractivity contribution in [2.24, 2.45) is 5.73 Å². The largest absolute Gasteiger partial charge is 0.369 e. The maximum atomic E-state index is 12.0. The van der Waals surface area contributed by atoms with Gasteiger partial charge in [0.1, 0.15) is 5.75 Å². The van der Waals surface area contributed by atoms with Gasteiger partial charge in [0.15, 0.2) is 0 Å². The van der Waals surface area contributed by atoms with Crippen molar-refractivity contribution in [2.75, 3.05) is 12.0 Å². The molecule has 2 aromatic rings. The van der Waals surface area contributed by atoms with Crippen molar-refractivity contribution in [1.82, 2.24) is 0 Å². The van der Waals surface area contributed by atoms with Crippen LogP contribution in [0.2, 0.25) is 0 Å². The lowest BCUT2D eigenvalue weighted by Crippen LogP contribution is -2.20. The Labute approximate surface area is 131 Å². The Kier molecular flexibility index (Phi) is 5.59. The minimum Gasteiger partial charge on any atom is -0.369 e. The second-order valence-corrected chi connectivity index (χ2v) is 6.86. The molecular weight excluding hydrogens is 302 g/mol. The van der Waals surface area contributed by atoms with Gasteiger partial charge in [-0.05, 0) is 29.0 Å². The lowest BCUT2D eigenvalue weighted by atomic mass is 10.0. The van der Waals surface area contributed by atoms with Gasteiger partial charge >= 0.3 is 0 Å². The molecule has 0 radical (unpaired) electrons. The quantitative estimate of drug-likeness (QED) is 0.833. The van der Waals surface area contributed by atoms with Crippen LogP contribution < -0.4 is 5.73 Å². The number of carbonyl (C=O) groups excluding carboxylic acids is 1. The Bertz CT molecular complexity index is 671. The highest BCUT2D eigenvalue weighted by molar-refractivity contribution is 7.98. The third-order valence-electron chi connectivity index (χ3n) is 3.03. The number of hydrogen-bond acceptors (Lipinski definition) is 3. The first kappa shape index (κ1) is 15.8. The van der Waals surface area contributed by atoms with Gasteiger partial charge in [-0.2, -0.15) is 0 Å². The summed E-state index contributed by atoms with van der Waals surface area (Å²) in [4.78, 5) is 12.1. The summed E-state index contributed by atoms with van der Waals surface area (Å²) in [6.45, 7) is 0. The molecule has 0 unspecified atom stereocenters. The minimum absolute atomic E-state index is 0.0987. The van der Waals surface area contributed by atoms with Crippen LogP contribution in [-0.4, -0.2) is 22.1 Å². The predicted octanol–water partition coefficient (Wildman–Crippen LogP) is 2.81. The summed E-state index contributed by atoms with van der Waals surface area (Å²) in [5.41, 5.74) is 8.26. The van der Waals surface area contributed by atoms with Crippen molar-refractivity contribution in [3.8, 4) is 11.1 Å². The summed E-state index contributed by atoms with van der Waals surface area (Å²) in [6.07, 6.45) is 2.03. The normalized spacial score (nSPS) is 12.0. The first-order chi connectivity index (χ1) is 10.1. The molecule has 0 aliphatic heterocycles. The zero-order chi connectivity index (χ0) is 15.2. The van der Waals surface area contributed by atoms with Crippen LogP contribution in [0.5, 0.6) is 0 Å². The molecule has 0 spiro atoms. The highest BCUT2D eigenvalue weighted by Gasteiger charge is 2.12. The highest BCUT2D eigenvalue weighted by Crippen LogP contribution is 2.32. The third-order valence-corrected chi connectivity index (χ3v) is 5.07. The first-order valence-corrected chi connectivity index (χ1v) is 9.17. The van der Waals surface area contributed by atoms with Crippen LogP contribution in [0, 0.1) is 0 Å². The van der Waals surface area contributed by atoms with Gasteiger partial charge in [0, 0.05) is 21.4 Å². The van der Waals surface area contributed by atoms with E-state index in [1.54, 1.807) is 11.8 Å². The number of thioether (sulfide) groups is 1. The molecule has 1 atom stereocenters. The molecular formula is C16H17NO2S2. The minimum atomic E-state index is -1.28. The van der Waals surface area contributed by atoms with E-state index in [0.717, 1.165) is 16.7 Å². The van der Waals surface area contributed by atoms with E-state index in [9.17, 15) is 9.00 Å². The summed E-state index contributed by atoms with van der Waals surface area (Å²) in [5.74, 6) is -0.296. The SMILES string of the molecule is CSc1ccccc1-c1ccccc1C[S@@](=O)CC(N)=O. The Balaban J connectivity index is 2.37. The molecule has 110 valence electrons. The summed E-state index contributed by atoms with van der Waals surface area (Å²) >= 11 is 1.68. The Hall–Kier alpha value is -1.59. The smallest absolute Gasteiger partial charge is 0.230 e. The summed E-state index contributed by atoms with van der Waals surface area (Å²) in [6, 6.07) is 16.0. The molecule has 0 aromatic heterocycles. The van der Waals surface area contributed by atoms with Crippen molar-refractivity contribution in [3.05, 3.63) is 54.1 Å². The van der Waals surface area contributed by atoms with Crippen LogP contribution in [0.4, 0.5) is 0 Å². The average Bonchev–Trinajstić information content (AvgIpc) is 2.47. The molecule has 0 fully saturated rings. The van der Waals surface area contributed by atoms with Gasteiger partial charge in [-0.1, -0.05) is 42.5 Å². The van der Waals surface area contributed by atoms with Crippen molar-refractivity contribution in [3.63, 3.8) is 0 Å².